The van der Waals surface area contributed by atoms with Gasteiger partial charge in [0.05, 0.1) is 18.7 Å². The van der Waals surface area contributed by atoms with Crippen LogP contribution in [0.15, 0.2) is 121 Å². The average Bonchev–Trinajstić information content (AvgIpc) is 3.00. The molecule has 0 heterocycles. The van der Waals surface area contributed by atoms with Gasteiger partial charge in [0.15, 0.2) is 0 Å². The highest BCUT2D eigenvalue weighted by Gasteiger charge is 2.51. The number of nitrogens with one attached hydrogen (secondary N) is 1. The van der Waals surface area contributed by atoms with Crippen molar-refractivity contribution in [2.75, 3.05) is 6.61 Å². The molecule has 0 bridgehead atoms. The molecule has 1 amide bonds. The Balaban J connectivity index is 1.79. The van der Waals surface area contributed by atoms with Crippen LogP contribution in [-0.2, 0) is 22.1 Å². The van der Waals surface area contributed by atoms with Gasteiger partial charge in [-0.2, -0.15) is 5.06 Å². The number of nitrogens with zero attached hydrogens (tertiary/aromatic N) is 1. The summed E-state index contributed by atoms with van der Waals surface area (Å²) in [6.07, 6.45) is -0.0703. The van der Waals surface area contributed by atoms with E-state index in [1.165, 1.54) is 5.06 Å². The number of alkyl carbamates (subject to hydrolysis) is 1. The fourth-order valence-electron chi connectivity index (χ4n) is 5.88. The van der Waals surface area contributed by atoms with Crippen LogP contribution >= 0.6 is 0 Å². The standard InChI is InChI=1S/C38H48N2O4Si/c1-37(2,3)44-36(41)39-34(35(27-30-19-11-7-12-20-30)40(42)28-31-21-13-8-14-22-31)29-43-45(38(4,5)6,32-23-15-9-16-24-32)33-25-17-10-18-26-33/h7-26,34-35,42H,27-29H2,1-6H3,(H,39,41)/t34-,35+/m0/s1. The molecule has 0 aliphatic rings. The van der Waals surface area contributed by atoms with E-state index in [-0.39, 0.29) is 18.2 Å². The van der Waals surface area contributed by atoms with Gasteiger partial charge in [-0.05, 0) is 53.7 Å². The molecule has 0 fully saturated rings. The minimum absolute atomic E-state index is 0.163. The quantitative estimate of drug-likeness (QED) is 0.132. The lowest BCUT2D eigenvalue weighted by atomic mass is 9.99. The molecule has 0 saturated carbocycles. The number of benzene rings is 4. The molecule has 0 aliphatic heterocycles. The van der Waals surface area contributed by atoms with E-state index in [4.69, 9.17) is 9.16 Å². The molecule has 2 atom stereocenters. The lowest BCUT2D eigenvalue weighted by Crippen LogP contribution is -2.68. The van der Waals surface area contributed by atoms with E-state index in [9.17, 15) is 10.0 Å². The fourth-order valence-corrected chi connectivity index (χ4v) is 10.5. The minimum Gasteiger partial charge on any atom is -0.444 e. The van der Waals surface area contributed by atoms with Crippen molar-refractivity contribution in [3.05, 3.63) is 132 Å². The second-order valence-electron chi connectivity index (χ2n) is 13.6. The number of amides is 1. The van der Waals surface area contributed by atoms with Crippen molar-refractivity contribution in [2.45, 2.75) is 77.2 Å². The summed E-state index contributed by atoms with van der Waals surface area (Å²) in [5.74, 6) is 0. The molecule has 6 nitrogen and oxygen atoms in total. The summed E-state index contributed by atoms with van der Waals surface area (Å²) < 4.78 is 13.1. The Bertz CT molecular complexity index is 1420. The Morgan fingerprint density at radius 3 is 1.62 bits per heavy atom. The average molecular weight is 625 g/mol. The SMILES string of the molecule is CC(C)(C)OC(=O)N[C@@H](CO[Si](c1ccccc1)(c1ccccc1)C(C)(C)C)[C@@H](Cc1ccccc1)N(O)Cc1ccccc1. The van der Waals surface area contributed by atoms with Gasteiger partial charge in [-0.3, -0.25) is 0 Å². The monoisotopic (exact) mass is 624 g/mol. The summed E-state index contributed by atoms with van der Waals surface area (Å²) in [5, 5.41) is 18.2. The van der Waals surface area contributed by atoms with Crippen molar-refractivity contribution < 1.29 is 19.2 Å². The van der Waals surface area contributed by atoms with Crippen LogP contribution in [-0.4, -0.2) is 49.0 Å². The van der Waals surface area contributed by atoms with E-state index < -0.39 is 32.1 Å². The van der Waals surface area contributed by atoms with Gasteiger partial charge in [-0.1, -0.05) is 142 Å². The Morgan fingerprint density at radius 2 is 1.18 bits per heavy atom. The van der Waals surface area contributed by atoms with E-state index in [1.54, 1.807) is 0 Å². The molecular formula is C38H48N2O4Si. The molecule has 0 spiro atoms. The highest BCUT2D eigenvalue weighted by atomic mass is 28.4. The first-order valence-corrected chi connectivity index (χ1v) is 17.6. The van der Waals surface area contributed by atoms with Crippen molar-refractivity contribution >= 4 is 24.8 Å². The Hall–Kier alpha value is -3.75. The van der Waals surface area contributed by atoms with Crippen molar-refractivity contribution in [3.8, 4) is 0 Å². The second-order valence-corrected chi connectivity index (χ2v) is 17.9. The predicted molar refractivity (Wildman–Crippen MR) is 184 cm³/mol. The van der Waals surface area contributed by atoms with Crippen LogP contribution in [0.4, 0.5) is 4.79 Å². The van der Waals surface area contributed by atoms with E-state index in [0.717, 1.165) is 21.5 Å². The van der Waals surface area contributed by atoms with Gasteiger partial charge in [-0.15, -0.1) is 0 Å². The summed E-state index contributed by atoms with van der Waals surface area (Å²) in [7, 11) is -2.95. The fraction of sp³-hybridized carbons (Fsp3) is 0.342. The maximum absolute atomic E-state index is 13.4. The molecule has 45 heavy (non-hydrogen) atoms. The van der Waals surface area contributed by atoms with Gasteiger partial charge in [0.2, 0.25) is 0 Å². The van der Waals surface area contributed by atoms with Crippen molar-refractivity contribution in [1.29, 1.82) is 0 Å². The van der Waals surface area contributed by atoms with Crippen molar-refractivity contribution in [2.24, 2.45) is 0 Å². The van der Waals surface area contributed by atoms with Gasteiger partial charge in [0, 0.05) is 6.54 Å². The number of hydrogen-bond donors (Lipinski definition) is 2. The zero-order chi connectivity index (χ0) is 32.5. The van der Waals surface area contributed by atoms with E-state index in [0.29, 0.717) is 6.42 Å². The second kappa shape index (κ2) is 15.0. The molecule has 238 valence electrons. The van der Waals surface area contributed by atoms with Crippen LogP contribution in [0.3, 0.4) is 0 Å². The lowest BCUT2D eigenvalue weighted by molar-refractivity contribution is -0.145. The Morgan fingerprint density at radius 1 is 0.733 bits per heavy atom. The van der Waals surface area contributed by atoms with Gasteiger partial charge in [0.25, 0.3) is 8.32 Å². The first kappa shape index (κ1) is 34.1. The van der Waals surface area contributed by atoms with Gasteiger partial charge in [-0.25, -0.2) is 4.79 Å². The van der Waals surface area contributed by atoms with E-state index in [1.807, 2.05) is 93.6 Å². The number of hydroxylamine groups is 2. The zero-order valence-corrected chi connectivity index (χ0v) is 28.4. The predicted octanol–water partition coefficient (Wildman–Crippen LogP) is 6.96. The minimum atomic E-state index is -2.95. The Labute approximate surface area is 270 Å². The highest BCUT2D eigenvalue weighted by molar-refractivity contribution is 6.99. The topological polar surface area (TPSA) is 71.0 Å². The molecule has 4 aromatic rings. The normalized spacial score (nSPS) is 13.7. The maximum Gasteiger partial charge on any atom is 0.408 e. The summed E-state index contributed by atoms with van der Waals surface area (Å²) in [5.41, 5.74) is 1.31. The molecule has 7 heteroatoms. The molecule has 2 N–H and O–H groups in total. The summed E-state index contributed by atoms with van der Waals surface area (Å²) in [6.45, 7) is 12.7. The molecule has 4 aromatic carbocycles. The van der Waals surface area contributed by atoms with Crippen LogP contribution in [0.5, 0.6) is 0 Å². The van der Waals surface area contributed by atoms with Crippen LogP contribution in [0, 0.1) is 0 Å². The first-order chi connectivity index (χ1) is 21.4. The summed E-state index contributed by atoms with van der Waals surface area (Å²) in [6, 6.07) is 39.6. The van der Waals surface area contributed by atoms with Crippen LogP contribution < -0.4 is 15.7 Å². The number of carbonyl (C=O) groups is 1. The zero-order valence-electron chi connectivity index (χ0n) is 27.4. The summed E-state index contributed by atoms with van der Waals surface area (Å²) in [4.78, 5) is 13.4. The Kier molecular flexibility index (Phi) is 11.4. The smallest absolute Gasteiger partial charge is 0.408 e. The van der Waals surface area contributed by atoms with E-state index in [2.05, 4.69) is 74.6 Å². The largest absolute Gasteiger partial charge is 0.444 e. The van der Waals surface area contributed by atoms with E-state index >= 15 is 0 Å². The van der Waals surface area contributed by atoms with Crippen LogP contribution in [0.1, 0.15) is 52.7 Å². The third-order valence-electron chi connectivity index (χ3n) is 7.92. The van der Waals surface area contributed by atoms with Gasteiger partial charge in [0.1, 0.15) is 5.60 Å². The molecule has 0 saturated heterocycles. The van der Waals surface area contributed by atoms with Gasteiger partial charge >= 0.3 is 6.09 Å². The molecule has 0 aliphatic carbocycles. The molecule has 4 rings (SSSR count). The van der Waals surface area contributed by atoms with Crippen molar-refractivity contribution in [1.82, 2.24) is 10.4 Å². The number of rotatable bonds is 12. The molecular weight excluding hydrogens is 577 g/mol. The number of carbonyl (C=O) groups excluding carboxylic acids is 1. The van der Waals surface area contributed by atoms with Crippen LogP contribution in [0.2, 0.25) is 5.04 Å². The molecule has 0 radical (unpaired) electrons. The number of ether oxygens (including phenoxy) is 1. The third-order valence-corrected chi connectivity index (χ3v) is 12.9. The summed E-state index contributed by atoms with van der Waals surface area (Å²) >= 11 is 0. The van der Waals surface area contributed by atoms with Crippen LogP contribution in [0.25, 0.3) is 0 Å². The molecule has 0 aromatic heterocycles. The lowest BCUT2D eigenvalue weighted by Gasteiger charge is -2.44. The number of hydrogen-bond acceptors (Lipinski definition) is 5. The maximum atomic E-state index is 13.4. The van der Waals surface area contributed by atoms with Gasteiger partial charge < -0.3 is 19.7 Å². The third kappa shape index (κ3) is 9.14. The highest BCUT2D eigenvalue weighted by Crippen LogP contribution is 2.37. The first-order valence-electron chi connectivity index (χ1n) is 15.7. The van der Waals surface area contributed by atoms with Crippen molar-refractivity contribution in [3.63, 3.8) is 0 Å². The molecule has 0 unspecified atom stereocenters.